The average Bonchev–Trinajstić information content (AvgIpc) is 2.46. The minimum atomic E-state index is -0.694. The van der Waals surface area contributed by atoms with Gasteiger partial charge in [-0.2, -0.15) is 0 Å². The lowest BCUT2D eigenvalue weighted by atomic mass is 10.1. The Kier molecular flexibility index (Phi) is 5.87. The van der Waals surface area contributed by atoms with Gasteiger partial charge in [0.25, 0.3) is 0 Å². The summed E-state index contributed by atoms with van der Waals surface area (Å²) in [5.41, 5.74) is 0. The summed E-state index contributed by atoms with van der Waals surface area (Å²) < 4.78 is 5.96. The van der Waals surface area contributed by atoms with Gasteiger partial charge in [-0.1, -0.05) is 18.2 Å². The molecule has 0 aromatic heterocycles. The lowest BCUT2D eigenvalue weighted by Gasteiger charge is -2.32. The predicted octanol–water partition coefficient (Wildman–Crippen LogP) is 2.78. The topological polar surface area (TPSA) is 49.8 Å². The molecule has 1 aromatic rings. The highest BCUT2D eigenvalue weighted by Gasteiger charge is 2.20. The number of ether oxygens (including phenoxy) is 1. The number of hydrogen-bond donors (Lipinski definition) is 1. The van der Waals surface area contributed by atoms with Gasteiger partial charge in [0.2, 0.25) is 0 Å². The van der Waals surface area contributed by atoms with E-state index in [1.807, 2.05) is 30.3 Å². The molecule has 1 aromatic carbocycles. The molecule has 0 spiro atoms. The summed E-state index contributed by atoms with van der Waals surface area (Å²) in [6, 6.07) is 9.98. The summed E-state index contributed by atoms with van der Waals surface area (Å²) >= 11 is 0. The highest BCUT2D eigenvalue weighted by molar-refractivity contribution is 5.66. The molecule has 1 saturated heterocycles. The Morgan fingerprint density at radius 2 is 1.90 bits per heavy atom. The molecule has 0 unspecified atom stereocenters. The van der Waals surface area contributed by atoms with Crippen molar-refractivity contribution in [2.45, 2.75) is 38.2 Å². The SMILES string of the molecule is O=C(O)CCCCN1CCC(Oc2ccccc2)CC1. The third-order valence-electron chi connectivity index (χ3n) is 3.70. The van der Waals surface area contributed by atoms with E-state index in [1.54, 1.807) is 0 Å². The van der Waals surface area contributed by atoms with Crippen LogP contribution < -0.4 is 4.74 Å². The fourth-order valence-corrected chi connectivity index (χ4v) is 2.55. The lowest BCUT2D eigenvalue weighted by Crippen LogP contribution is -2.38. The summed E-state index contributed by atoms with van der Waals surface area (Å²) in [4.78, 5) is 12.8. The zero-order valence-electron chi connectivity index (χ0n) is 11.8. The van der Waals surface area contributed by atoms with Crippen molar-refractivity contribution < 1.29 is 14.6 Å². The zero-order valence-corrected chi connectivity index (χ0v) is 11.8. The van der Waals surface area contributed by atoms with E-state index in [9.17, 15) is 4.79 Å². The molecule has 1 aliphatic heterocycles. The predicted molar refractivity (Wildman–Crippen MR) is 78.0 cm³/mol. The molecule has 2 rings (SSSR count). The Bertz CT molecular complexity index is 399. The molecular weight excluding hydrogens is 254 g/mol. The number of carboxylic acid groups (broad SMARTS) is 1. The number of unbranched alkanes of at least 4 members (excludes halogenated alkanes) is 1. The van der Waals surface area contributed by atoms with Crippen molar-refractivity contribution >= 4 is 5.97 Å². The quantitative estimate of drug-likeness (QED) is 0.779. The minimum absolute atomic E-state index is 0.285. The number of benzene rings is 1. The first-order valence-electron chi connectivity index (χ1n) is 7.40. The number of para-hydroxylation sites is 1. The molecule has 1 fully saturated rings. The van der Waals surface area contributed by atoms with Gasteiger partial charge in [0, 0.05) is 19.5 Å². The van der Waals surface area contributed by atoms with Gasteiger partial charge in [-0.05, 0) is 44.4 Å². The van der Waals surface area contributed by atoms with E-state index in [4.69, 9.17) is 9.84 Å². The second-order valence-corrected chi connectivity index (χ2v) is 5.32. The molecule has 1 heterocycles. The third kappa shape index (κ3) is 5.21. The fraction of sp³-hybridized carbons (Fsp3) is 0.562. The Morgan fingerprint density at radius 1 is 1.20 bits per heavy atom. The van der Waals surface area contributed by atoms with Crippen LogP contribution in [-0.2, 0) is 4.79 Å². The van der Waals surface area contributed by atoms with Crippen LogP contribution >= 0.6 is 0 Å². The summed E-state index contributed by atoms with van der Waals surface area (Å²) in [5, 5.41) is 8.60. The molecule has 4 nitrogen and oxygen atoms in total. The van der Waals surface area contributed by atoms with Crippen LogP contribution in [-0.4, -0.2) is 41.7 Å². The van der Waals surface area contributed by atoms with E-state index in [0.29, 0.717) is 6.10 Å². The van der Waals surface area contributed by atoms with Crippen molar-refractivity contribution in [3.63, 3.8) is 0 Å². The van der Waals surface area contributed by atoms with E-state index in [-0.39, 0.29) is 6.42 Å². The summed E-state index contributed by atoms with van der Waals surface area (Å²) in [5.74, 6) is 0.257. The molecular formula is C16H23NO3. The Balaban J connectivity index is 1.61. The van der Waals surface area contributed by atoms with Crippen molar-refractivity contribution in [2.75, 3.05) is 19.6 Å². The maximum absolute atomic E-state index is 10.4. The van der Waals surface area contributed by atoms with Crippen molar-refractivity contribution in [3.05, 3.63) is 30.3 Å². The lowest BCUT2D eigenvalue weighted by molar-refractivity contribution is -0.137. The first-order valence-corrected chi connectivity index (χ1v) is 7.40. The number of rotatable bonds is 7. The number of likely N-dealkylation sites (tertiary alicyclic amines) is 1. The molecule has 1 N–H and O–H groups in total. The first-order chi connectivity index (χ1) is 9.74. The highest BCUT2D eigenvalue weighted by atomic mass is 16.5. The van der Waals surface area contributed by atoms with Gasteiger partial charge < -0.3 is 14.7 Å². The van der Waals surface area contributed by atoms with Crippen LogP contribution in [0.1, 0.15) is 32.1 Å². The summed E-state index contributed by atoms with van der Waals surface area (Å²) in [7, 11) is 0. The maximum atomic E-state index is 10.4. The standard InChI is InChI=1S/C16H23NO3/c18-16(19)8-4-5-11-17-12-9-15(10-13-17)20-14-6-2-1-3-7-14/h1-3,6-7,15H,4-5,8-13H2,(H,18,19). The molecule has 0 saturated carbocycles. The molecule has 1 aliphatic rings. The van der Waals surface area contributed by atoms with E-state index in [0.717, 1.165) is 51.1 Å². The molecule has 0 atom stereocenters. The third-order valence-corrected chi connectivity index (χ3v) is 3.70. The Hall–Kier alpha value is -1.55. The molecule has 110 valence electrons. The van der Waals surface area contributed by atoms with Gasteiger partial charge >= 0.3 is 5.97 Å². The minimum Gasteiger partial charge on any atom is -0.490 e. The summed E-state index contributed by atoms with van der Waals surface area (Å²) in [6.45, 7) is 3.10. The first kappa shape index (κ1) is 14.9. The second-order valence-electron chi connectivity index (χ2n) is 5.32. The van der Waals surface area contributed by atoms with Gasteiger partial charge in [-0.15, -0.1) is 0 Å². The van der Waals surface area contributed by atoms with E-state index in [1.165, 1.54) is 0 Å². The highest BCUT2D eigenvalue weighted by Crippen LogP contribution is 2.18. The largest absolute Gasteiger partial charge is 0.490 e. The maximum Gasteiger partial charge on any atom is 0.303 e. The molecule has 0 aliphatic carbocycles. The van der Waals surface area contributed by atoms with E-state index >= 15 is 0 Å². The number of nitrogens with zero attached hydrogens (tertiary/aromatic N) is 1. The molecule has 20 heavy (non-hydrogen) atoms. The van der Waals surface area contributed by atoms with Crippen LogP contribution in [0.15, 0.2) is 30.3 Å². The number of carboxylic acids is 1. The number of carbonyl (C=O) groups is 1. The van der Waals surface area contributed by atoms with Crippen molar-refractivity contribution in [1.82, 2.24) is 4.90 Å². The molecule has 0 bridgehead atoms. The van der Waals surface area contributed by atoms with Crippen LogP contribution in [0, 0.1) is 0 Å². The monoisotopic (exact) mass is 277 g/mol. The van der Waals surface area contributed by atoms with Crippen LogP contribution in [0.3, 0.4) is 0 Å². The van der Waals surface area contributed by atoms with Crippen LogP contribution in [0.5, 0.6) is 5.75 Å². The zero-order chi connectivity index (χ0) is 14.2. The van der Waals surface area contributed by atoms with Crippen LogP contribution in [0.25, 0.3) is 0 Å². The van der Waals surface area contributed by atoms with Gasteiger partial charge in [-0.3, -0.25) is 4.79 Å². The second kappa shape index (κ2) is 7.90. The van der Waals surface area contributed by atoms with Crippen molar-refractivity contribution in [2.24, 2.45) is 0 Å². The molecule has 0 amide bonds. The Labute approximate surface area is 120 Å². The fourth-order valence-electron chi connectivity index (χ4n) is 2.55. The van der Waals surface area contributed by atoms with E-state index < -0.39 is 5.97 Å². The number of piperidine rings is 1. The summed E-state index contributed by atoms with van der Waals surface area (Å²) in [6.07, 6.45) is 4.44. The van der Waals surface area contributed by atoms with E-state index in [2.05, 4.69) is 4.90 Å². The normalized spacial score (nSPS) is 17.0. The number of aliphatic carboxylic acids is 1. The van der Waals surface area contributed by atoms with Gasteiger partial charge in [0.1, 0.15) is 11.9 Å². The molecule has 4 heteroatoms. The van der Waals surface area contributed by atoms with Gasteiger partial charge in [-0.25, -0.2) is 0 Å². The van der Waals surface area contributed by atoms with Crippen molar-refractivity contribution in [3.8, 4) is 5.75 Å². The Morgan fingerprint density at radius 3 is 2.55 bits per heavy atom. The van der Waals surface area contributed by atoms with Crippen LogP contribution in [0.2, 0.25) is 0 Å². The van der Waals surface area contributed by atoms with Crippen molar-refractivity contribution in [1.29, 1.82) is 0 Å². The molecule has 0 radical (unpaired) electrons. The average molecular weight is 277 g/mol. The van der Waals surface area contributed by atoms with Crippen LogP contribution in [0.4, 0.5) is 0 Å². The smallest absolute Gasteiger partial charge is 0.303 e. The van der Waals surface area contributed by atoms with Gasteiger partial charge in [0.05, 0.1) is 0 Å². The number of hydrogen-bond acceptors (Lipinski definition) is 3. The van der Waals surface area contributed by atoms with Gasteiger partial charge in [0.15, 0.2) is 0 Å².